The van der Waals surface area contributed by atoms with Gasteiger partial charge in [-0.05, 0) is 158 Å². The van der Waals surface area contributed by atoms with Gasteiger partial charge in [0.05, 0.1) is 22.7 Å². The van der Waals surface area contributed by atoms with E-state index in [2.05, 4.69) is 67.3 Å². The number of aliphatic carboxylic acids is 2. The molecule has 2 unspecified atom stereocenters. The van der Waals surface area contributed by atoms with E-state index in [-0.39, 0.29) is 70.4 Å². The van der Waals surface area contributed by atoms with Crippen LogP contribution in [0.5, 0.6) is 0 Å². The fraction of sp³-hybridized carbons (Fsp3) is 0.769. The van der Waals surface area contributed by atoms with Crippen molar-refractivity contribution in [2.24, 2.45) is 90.7 Å². The second-order valence-corrected chi connectivity index (χ2v) is 24.1. The van der Waals surface area contributed by atoms with Crippen molar-refractivity contribution in [2.45, 2.75) is 159 Å². The SMILES string of the molecule is C=C(C)[C@@H]1CC[C@]2(C(=O)N[C@@H]3C[C@H](C(=O)OCc4ccccc4)C3(C)C)CC[C@]3(C)[C@H](CC[C@@H]4[C@]5(C)CC[C@H](C6(C(=O)O)CC(C(=O)O)C6(C)C)C(C)(C)[C@H]5CC[C@]43C)[C@@H]12. The zero-order chi connectivity index (χ0) is 43.8. The molecular weight excluding hydrogens is 751 g/mol. The maximum atomic E-state index is 15.1. The van der Waals surface area contributed by atoms with Crippen molar-refractivity contribution in [1.29, 1.82) is 0 Å². The van der Waals surface area contributed by atoms with Gasteiger partial charge in [0, 0.05) is 6.04 Å². The number of ether oxygens (including phenoxy) is 1. The lowest BCUT2D eigenvalue weighted by Crippen LogP contribution is -2.71. The van der Waals surface area contributed by atoms with Gasteiger partial charge in [0.25, 0.3) is 0 Å². The van der Waals surface area contributed by atoms with Gasteiger partial charge in [-0.25, -0.2) is 0 Å². The normalized spacial score (nSPS) is 45.5. The minimum Gasteiger partial charge on any atom is -0.481 e. The summed E-state index contributed by atoms with van der Waals surface area (Å²) in [5.74, 6) is -0.975. The molecule has 7 aliphatic carbocycles. The summed E-state index contributed by atoms with van der Waals surface area (Å²) in [6.45, 7) is 27.4. The van der Waals surface area contributed by atoms with E-state index in [1.807, 2.05) is 44.2 Å². The molecule has 0 heterocycles. The van der Waals surface area contributed by atoms with Gasteiger partial charge >= 0.3 is 17.9 Å². The van der Waals surface area contributed by atoms with E-state index < -0.39 is 39.5 Å². The number of carboxylic acids is 2. The molecule has 1 aromatic carbocycles. The lowest BCUT2D eigenvalue weighted by Gasteiger charge is -2.74. The van der Waals surface area contributed by atoms with Crippen LogP contribution in [0.25, 0.3) is 0 Å². The first-order chi connectivity index (χ1) is 27.9. The highest BCUT2D eigenvalue weighted by Crippen LogP contribution is 2.80. The van der Waals surface area contributed by atoms with Crippen LogP contribution in [0, 0.1) is 90.7 Å². The van der Waals surface area contributed by atoms with E-state index in [9.17, 15) is 24.6 Å². The summed E-state index contributed by atoms with van der Waals surface area (Å²) >= 11 is 0. The number of amides is 1. The minimum atomic E-state index is -1.06. The van der Waals surface area contributed by atoms with Gasteiger partial charge in [-0.2, -0.15) is 0 Å². The maximum absolute atomic E-state index is 15.1. The molecule has 14 atom stereocenters. The molecule has 7 saturated carbocycles. The Bertz CT molecular complexity index is 1950. The molecular formula is C52H75NO7. The third kappa shape index (κ3) is 5.58. The zero-order valence-electron chi connectivity index (χ0n) is 38.4. The number of hydrogen-bond acceptors (Lipinski definition) is 5. The number of allylic oxidation sites excluding steroid dienone is 1. The highest BCUT2D eigenvalue weighted by atomic mass is 16.5. The second kappa shape index (κ2) is 13.9. The first-order valence-electron chi connectivity index (χ1n) is 23.5. The molecule has 1 amide bonds. The fourth-order valence-corrected chi connectivity index (χ4v) is 17.6. The average Bonchev–Trinajstić information content (AvgIpc) is 3.57. The van der Waals surface area contributed by atoms with Crippen molar-refractivity contribution >= 4 is 23.8 Å². The maximum Gasteiger partial charge on any atom is 0.310 e. The van der Waals surface area contributed by atoms with Crippen LogP contribution >= 0.6 is 0 Å². The Morgan fingerprint density at radius 1 is 0.750 bits per heavy atom. The van der Waals surface area contributed by atoms with Gasteiger partial charge in [0.15, 0.2) is 0 Å². The van der Waals surface area contributed by atoms with Crippen LogP contribution in [0.2, 0.25) is 0 Å². The highest BCUT2D eigenvalue weighted by Gasteiger charge is 2.76. The number of rotatable bonds is 9. The quantitative estimate of drug-likeness (QED) is 0.167. The molecule has 7 aliphatic rings. The second-order valence-electron chi connectivity index (χ2n) is 24.1. The lowest BCUT2D eigenvalue weighted by atomic mass is 9.29. The van der Waals surface area contributed by atoms with Gasteiger partial charge in [-0.1, -0.05) is 105 Å². The van der Waals surface area contributed by atoms with Crippen LogP contribution in [0.1, 0.15) is 152 Å². The zero-order valence-corrected chi connectivity index (χ0v) is 38.4. The van der Waals surface area contributed by atoms with E-state index in [4.69, 9.17) is 4.74 Å². The molecule has 8 rings (SSSR count). The Kier molecular flexibility index (Phi) is 10.1. The number of esters is 1. The van der Waals surface area contributed by atoms with Gasteiger partial charge < -0.3 is 20.3 Å². The van der Waals surface area contributed by atoms with Crippen molar-refractivity contribution in [3.63, 3.8) is 0 Å². The third-order valence-corrected chi connectivity index (χ3v) is 21.5. The van der Waals surface area contributed by atoms with Crippen LogP contribution in [-0.4, -0.2) is 40.1 Å². The molecule has 0 saturated heterocycles. The monoisotopic (exact) mass is 826 g/mol. The molecule has 8 heteroatoms. The Hall–Kier alpha value is -3.16. The minimum absolute atomic E-state index is 0.0324. The molecule has 0 aliphatic heterocycles. The van der Waals surface area contributed by atoms with Crippen LogP contribution in [0.3, 0.4) is 0 Å². The topological polar surface area (TPSA) is 130 Å². The van der Waals surface area contributed by atoms with Crippen LogP contribution in [0.15, 0.2) is 42.5 Å². The largest absolute Gasteiger partial charge is 0.481 e. The first kappa shape index (κ1) is 43.5. The first-order valence-corrected chi connectivity index (χ1v) is 23.5. The molecule has 0 aromatic heterocycles. The Balaban J connectivity index is 1.03. The van der Waals surface area contributed by atoms with E-state index in [1.165, 1.54) is 5.57 Å². The number of hydrogen-bond donors (Lipinski definition) is 3. The smallest absolute Gasteiger partial charge is 0.310 e. The number of carbonyl (C=O) groups is 4. The van der Waals surface area contributed by atoms with Crippen LogP contribution in [0.4, 0.5) is 0 Å². The molecule has 0 bridgehead atoms. The van der Waals surface area contributed by atoms with E-state index in [0.717, 1.165) is 69.8 Å². The standard InChI is InChI=1S/C52H75NO7/c1-30(2)32-19-24-51(43(57)53-39-27-34(45(39,3)4)42(56)60-29-31-15-13-12-14-16-31)26-25-49(10)33(40(32)51)17-18-38-48(9)22-20-37(46(5,6)36(48)21-23-50(38,49)11)52(44(58)59)28-35(41(54)55)47(52,7)8/h12-16,32-40H,1,17-29H2,2-11H3,(H,53,57)(H,54,55)(H,58,59)/t32-,33+,34+,35?,36+,37-,38+,39+,40+,48+,49+,50+,51-,52?/m0/s1. The predicted octanol–water partition coefficient (Wildman–Crippen LogP) is 10.7. The summed E-state index contributed by atoms with van der Waals surface area (Å²) in [7, 11) is 0. The third-order valence-electron chi connectivity index (χ3n) is 21.5. The summed E-state index contributed by atoms with van der Waals surface area (Å²) in [4.78, 5) is 54.1. The molecule has 3 N–H and O–H groups in total. The van der Waals surface area contributed by atoms with Gasteiger partial charge in [0.2, 0.25) is 5.91 Å². The van der Waals surface area contributed by atoms with E-state index >= 15 is 4.79 Å². The fourth-order valence-electron chi connectivity index (χ4n) is 17.6. The lowest BCUT2D eigenvalue weighted by molar-refractivity contribution is -0.268. The summed E-state index contributed by atoms with van der Waals surface area (Å²) in [5.41, 5.74) is -0.726. The number of fused-ring (bicyclic) bond motifs is 7. The summed E-state index contributed by atoms with van der Waals surface area (Å²) in [5, 5.41) is 24.6. The molecule has 0 radical (unpaired) electrons. The van der Waals surface area contributed by atoms with E-state index in [0.29, 0.717) is 30.1 Å². The average molecular weight is 826 g/mol. The Morgan fingerprint density at radius 2 is 1.42 bits per heavy atom. The molecule has 7 fully saturated rings. The van der Waals surface area contributed by atoms with Crippen molar-refractivity contribution in [1.82, 2.24) is 5.32 Å². The van der Waals surface area contributed by atoms with Crippen molar-refractivity contribution in [3.05, 3.63) is 48.0 Å². The van der Waals surface area contributed by atoms with Crippen molar-refractivity contribution < 1.29 is 34.1 Å². The predicted molar refractivity (Wildman–Crippen MR) is 232 cm³/mol. The van der Waals surface area contributed by atoms with Crippen molar-refractivity contribution in [2.75, 3.05) is 0 Å². The number of nitrogens with one attached hydrogen (secondary N) is 1. The summed E-state index contributed by atoms with van der Waals surface area (Å²) in [6.07, 6.45) is 10.7. The molecule has 330 valence electrons. The van der Waals surface area contributed by atoms with Gasteiger partial charge in [-0.15, -0.1) is 0 Å². The summed E-state index contributed by atoms with van der Waals surface area (Å²) in [6, 6.07) is 9.69. The Labute approximate surface area is 359 Å². The van der Waals surface area contributed by atoms with Crippen LogP contribution < -0.4 is 5.32 Å². The number of benzene rings is 1. The number of carbonyl (C=O) groups excluding carboxylic acids is 2. The Morgan fingerprint density at radius 3 is 2.02 bits per heavy atom. The number of carboxylic acid groups (broad SMARTS) is 2. The van der Waals surface area contributed by atoms with Crippen molar-refractivity contribution in [3.8, 4) is 0 Å². The molecule has 1 aromatic rings. The van der Waals surface area contributed by atoms with Gasteiger partial charge in [0.1, 0.15) is 6.61 Å². The van der Waals surface area contributed by atoms with E-state index in [1.54, 1.807) is 0 Å². The van der Waals surface area contributed by atoms with Crippen LogP contribution in [-0.2, 0) is 30.5 Å². The summed E-state index contributed by atoms with van der Waals surface area (Å²) < 4.78 is 5.77. The molecule has 8 nitrogen and oxygen atoms in total. The molecule has 0 spiro atoms. The molecule has 60 heavy (non-hydrogen) atoms. The van der Waals surface area contributed by atoms with Gasteiger partial charge in [-0.3, -0.25) is 19.2 Å². The highest BCUT2D eigenvalue weighted by molar-refractivity contribution is 5.85.